The Labute approximate surface area is 104 Å². The lowest BCUT2D eigenvalue weighted by molar-refractivity contribution is 0.204. The fourth-order valence-corrected chi connectivity index (χ4v) is 1.64. The van der Waals surface area contributed by atoms with Crippen LogP contribution in [-0.4, -0.2) is 43.7 Å². The maximum atomic E-state index is 11.6. The van der Waals surface area contributed by atoms with Crippen molar-refractivity contribution in [2.24, 2.45) is 0 Å². The van der Waals surface area contributed by atoms with Crippen LogP contribution in [0.25, 0.3) is 0 Å². The highest BCUT2D eigenvalue weighted by atomic mass is 35.5. The van der Waals surface area contributed by atoms with Crippen molar-refractivity contribution in [3.05, 3.63) is 11.6 Å². The number of carbonyl (C=O) groups is 1. The summed E-state index contributed by atoms with van der Waals surface area (Å²) in [6, 6.07) is 0.0411. The lowest BCUT2D eigenvalue weighted by Gasteiger charge is -2.21. The van der Waals surface area contributed by atoms with Crippen molar-refractivity contribution < 1.29 is 4.79 Å². The zero-order valence-electron chi connectivity index (χ0n) is 10.1. The van der Waals surface area contributed by atoms with Gasteiger partial charge in [0.25, 0.3) is 0 Å². The summed E-state index contributed by atoms with van der Waals surface area (Å²) in [5.74, 6) is 0. The van der Waals surface area contributed by atoms with E-state index in [1.54, 1.807) is 4.90 Å². The highest BCUT2D eigenvalue weighted by Gasteiger charge is 2.09. The molecule has 0 aliphatic carbocycles. The van der Waals surface area contributed by atoms with Crippen molar-refractivity contribution in [1.29, 1.82) is 0 Å². The SMILES string of the molecule is CCN(CC)C(=O)NCC1=CCNCC1.Cl. The van der Waals surface area contributed by atoms with Crippen LogP contribution in [0.2, 0.25) is 0 Å². The van der Waals surface area contributed by atoms with E-state index in [1.807, 2.05) is 13.8 Å². The van der Waals surface area contributed by atoms with Gasteiger partial charge >= 0.3 is 6.03 Å². The molecule has 4 nitrogen and oxygen atoms in total. The Bertz CT molecular complexity index is 239. The molecule has 0 aromatic carbocycles. The quantitative estimate of drug-likeness (QED) is 0.738. The van der Waals surface area contributed by atoms with Gasteiger partial charge in [-0.1, -0.05) is 11.6 Å². The zero-order valence-corrected chi connectivity index (χ0v) is 10.9. The van der Waals surface area contributed by atoms with Crippen molar-refractivity contribution in [3.63, 3.8) is 0 Å². The minimum Gasteiger partial charge on any atom is -0.334 e. The summed E-state index contributed by atoms with van der Waals surface area (Å²) in [4.78, 5) is 13.4. The third-order valence-corrected chi connectivity index (χ3v) is 2.68. The molecule has 1 rings (SSSR count). The van der Waals surface area contributed by atoms with Crippen LogP contribution in [0.1, 0.15) is 20.3 Å². The molecule has 0 aromatic rings. The highest BCUT2D eigenvalue weighted by Crippen LogP contribution is 2.02. The molecule has 0 unspecified atom stereocenters. The molecule has 0 radical (unpaired) electrons. The van der Waals surface area contributed by atoms with Gasteiger partial charge in [0, 0.05) is 26.2 Å². The molecule has 0 atom stereocenters. The third-order valence-electron chi connectivity index (χ3n) is 2.68. The van der Waals surface area contributed by atoms with E-state index in [4.69, 9.17) is 0 Å². The average Bonchev–Trinajstić information content (AvgIpc) is 2.29. The Morgan fingerprint density at radius 3 is 2.69 bits per heavy atom. The molecule has 2 amide bonds. The van der Waals surface area contributed by atoms with Crippen molar-refractivity contribution in [3.8, 4) is 0 Å². The first-order valence-electron chi connectivity index (χ1n) is 5.69. The van der Waals surface area contributed by atoms with Gasteiger partial charge in [0.2, 0.25) is 0 Å². The first kappa shape index (κ1) is 15.3. The minimum atomic E-state index is 0. The number of nitrogens with zero attached hydrogens (tertiary/aromatic N) is 1. The fourth-order valence-electron chi connectivity index (χ4n) is 1.64. The van der Waals surface area contributed by atoms with Gasteiger partial charge in [0.1, 0.15) is 0 Å². The number of nitrogens with one attached hydrogen (secondary N) is 2. The van der Waals surface area contributed by atoms with E-state index in [0.717, 1.165) is 32.6 Å². The second kappa shape index (κ2) is 8.42. The number of carbonyl (C=O) groups excluding carboxylic acids is 1. The van der Waals surface area contributed by atoms with E-state index < -0.39 is 0 Å². The fraction of sp³-hybridized carbons (Fsp3) is 0.727. The molecule has 2 N–H and O–H groups in total. The summed E-state index contributed by atoms with van der Waals surface area (Å²) in [6.07, 6.45) is 3.20. The molecular weight excluding hydrogens is 226 g/mol. The maximum Gasteiger partial charge on any atom is 0.317 e. The predicted molar refractivity (Wildman–Crippen MR) is 69.1 cm³/mol. The van der Waals surface area contributed by atoms with Gasteiger partial charge in [0.05, 0.1) is 0 Å². The van der Waals surface area contributed by atoms with Crippen LogP contribution in [0.4, 0.5) is 4.79 Å². The standard InChI is InChI=1S/C11H21N3O.ClH/c1-3-14(4-2)11(15)13-9-10-5-7-12-8-6-10;/h5,12H,3-4,6-9H2,1-2H3,(H,13,15);1H. The Balaban J connectivity index is 0.00000225. The molecule has 94 valence electrons. The van der Waals surface area contributed by atoms with Crippen LogP contribution in [0, 0.1) is 0 Å². The lowest BCUT2D eigenvalue weighted by atomic mass is 10.1. The Morgan fingerprint density at radius 2 is 2.19 bits per heavy atom. The molecule has 0 aromatic heterocycles. The Hall–Kier alpha value is -0.740. The number of hydrogen-bond acceptors (Lipinski definition) is 2. The molecule has 1 heterocycles. The van der Waals surface area contributed by atoms with Crippen molar-refractivity contribution >= 4 is 18.4 Å². The van der Waals surface area contributed by atoms with Crippen molar-refractivity contribution in [2.75, 3.05) is 32.7 Å². The Morgan fingerprint density at radius 1 is 1.50 bits per heavy atom. The predicted octanol–water partition coefficient (Wildman–Crippen LogP) is 1.38. The van der Waals surface area contributed by atoms with E-state index in [0.29, 0.717) is 6.54 Å². The molecule has 1 aliphatic heterocycles. The van der Waals surface area contributed by atoms with Gasteiger partial charge in [-0.2, -0.15) is 0 Å². The number of urea groups is 1. The summed E-state index contributed by atoms with van der Waals surface area (Å²) >= 11 is 0. The molecule has 0 spiro atoms. The second-order valence-electron chi connectivity index (χ2n) is 3.65. The smallest absolute Gasteiger partial charge is 0.317 e. The zero-order chi connectivity index (χ0) is 11.1. The second-order valence-corrected chi connectivity index (χ2v) is 3.65. The van der Waals surface area contributed by atoms with Crippen LogP contribution >= 0.6 is 12.4 Å². The van der Waals surface area contributed by atoms with E-state index in [9.17, 15) is 4.79 Å². The number of halogens is 1. The number of hydrogen-bond donors (Lipinski definition) is 2. The van der Waals surface area contributed by atoms with Gasteiger partial charge in [-0.05, 0) is 26.8 Å². The molecule has 0 saturated heterocycles. The summed E-state index contributed by atoms with van der Waals surface area (Å²) in [7, 11) is 0. The first-order valence-corrected chi connectivity index (χ1v) is 5.69. The van der Waals surface area contributed by atoms with Crippen molar-refractivity contribution in [2.45, 2.75) is 20.3 Å². The molecule has 1 aliphatic rings. The molecule has 5 heteroatoms. The van der Waals surface area contributed by atoms with Gasteiger partial charge in [-0.25, -0.2) is 4.79 Å². The van der Waals surface area contributed by atoms with Crippen LogP contribution in [0.15, 0.2) is 11.6 Å². The Kier molecular flexibility index (Phi) is 8.03. The lowest BCUT2D eigenvalue weighted by Crippen LogP contribution is -2.41. The van der Waals surface area contributed by atoms with Gasteiger partial charge < -0.3 is 15.5 Å². The van der Waals surface area contributed by atoms with E-state index in [-0.39, 0.29) is 18.4 Å². The normalized spacial score (nSPS) is 14.8. The summed E-state index contributed by atoms with van der Waals surface area (Å²) in [6.45, 7) is 8.16. The van der Waals surface area contributed by atoms with Crippen LogP contribution in [-0.2, 0) is 0 Å². The summed E-state index contributed by atoms with van der Waals surface area (Å²) in [5, 5.41) is 6.19. The maximum absolute atomic E-state index is 11.6. The highest BCUT2D eigenvalue weighted by molar-refractivity contribution is 5.85. The van der Waals surface area contributed by atoms with Crippen LogP contribution < -0.4 is 10.6 Å². The van der Waals surface area contributed by atoms with E-state index in [1.165, 1.54) is 5.57 Å². The largest absolute Gasteiger partial charge is 0.334 e. The van der Waals surface area contributed by atoms with Crippen molar-refractivity contribution in [1.82, 2.24) is 15.5 Å². The number of amides is 2. The molecule has 16 heavy (non-hydrogen) atoms. The van der Waals surface area contributed by atoms with Crippen LogP contribution in [0.3, 0.4) is 0 Å². The van der Waals surface area contributed by atoms with Gasteiger partial charge in [0.15, 0.2) is 0 Å². The summed E-state index contributed by atoms with van der Waals surface area (Å²) < 4.78 is 0. The topological polar surface area (TPSA) is 44.4 Å². The molecule has 0 saturated carbocycles. The average molecular weight is 248 g/mol. The third kappa shape index (κ3) is 4.86. The first-order chi connectivity index (χ1) is 7.27. The summed E-state index contributed by atoms with van der Waals surface area (Å²) in [5.41, 5.74) is 1.33. The molecule has 0 fully saturated rings. The van der Waals surface area contributed by atoms with Gasteiger partial charge in [-0.15, -0.1) is 12.4 Å². The molecular formula is C11H22ClN3O. The van der Waals surface area contributed by atoms with Crippen LogP contribution in [0.5, 0.6) is 0 Å². The monoisotopic (exact) mass is 247 g/mol. The number of rotatable bonds is 4. The molecule has 0 bridgehead atoms. The van der Waals surface area contributed by atoms with E-state index >= 15 is 0 Å². The van der Waals surface area contributed by atoms with E-state index in [2.05, 4.69) is 16.7 Å². The minimum absolute atomic E-state index is 0. The van der Waals surface area contributed by atoms with Gasteiger partial charge in [-0.3, -0.25) is 0 Å².